The van der Waals surface area contributed by atoms with E-state index in [1.165, 1.54) is 89.9 Å². The van der Waals surface area contributed by atoms with Crippen LogP contribution in [0.4, 0.5) is 0 Å². The molecule has 0 spiro atoms. The van der Waals surface area contributed by atoms with Crippen molar-refractivity contribution in [3.8, 4) is 0 Å². The van der Waals surface area contributed by atoms with E-state index in [1.807, 2.05) is 6.08 Å². The van der Waals surface area contributed by atoms with Crippen molar-refractivity contribution in [2.75, 3.05) is 19.8 Å². The molecule has 55 heavy (non-hydrogen) atoms. The molecule has 1 heterocycles. The lowest BCUT2D eigenvalue weighted by molar-refractivity contribution is -0.305. The summed E-state index contributed by atoms with van der Waals surface area (Å²) in [5.74, 6) is -0.880. The van der Waals surface area contributed by atoms with Gasteiger partial charge in [-0.05, 0) is 51.4 Å². The Morgan fingerprint density at radius 2 is 1.05 bits per heavy atom. The van der Waals surface area contributed by atoms with E-state index in [0.717, 1.165) is 51.4 Å². The van der Waals surface area contributed by atoms with E-state index in [4.69, 9.17) is 18.9 Å². The van der Waals surface area contributed by atoms with E-state index < -0.39 is 55.4 Å². The summed E-state index contributed by atoms with van der Waals surface area (Å²) >= 11 is 0. The Morgan fingerprint density at radius 1 is 0.564 bits per heavy atom. The van der Waals surface area contributed by atoms with Crippen molar-refractivity contribution in [2.45, 2.75) is 218 Å². The first-order valence-corrected chi connectivity index (χ1v) is 22.1. The Hall–Kier alpha value is -2.08. The quantitative estimate of drug-likeness (QED) is 0.0210. The molecule has 0 bridgehead atoms. The minimum atomic E-state index is -1.60. The largest absolute Gasteiger partial charge is 0.462 e. The first-order chi connectivity index (χ1) is 26.8. The van der Waals surface area contributed by atoms with Crippen LogP contribution in [0, 0.1) is 0 Å². The molecular weight excluding hydrogens is 700 g/mol. The average molecular weight is 781 g/mol. The lowest BCUT2D eigenvalue weighted by Crippen LogP contribution is -2.59. The van der Waals surface area contributed by atoms with Gasteiger partial charge in [-0.3, -0.25) is 9.59 Å². The van der Waals surface area contributed by atoms with Crippen LogP contribution in [0.25, 0.3) is 0 Å². The summed E-state index contributed by atoms with van der Waals surface area (Å²) in [6.45, 7) is 3.35. The Morgan fingerprint density at radius 3 is 1.62 bits per heavy atom. The summed E-state index contributed by atoms with van der Waals surface area (Å²) in [6.07, 6.45) is 33.0. The Labute approximate surface area is 334 Å². The minimum absolute atomic E-state index is 0.189. The summed E-state index contributed by atoms with van der Waals surface area (Å²) in [5, 5.41) is 40.0. The van der Waals surface area contributed by atoms with Crippen molar-refractivity contribution in [2.24, 2.45) is 0 Å². The summed E-state index contributed by atoms with van der Waals surface area (Å²) in [7, 11) is 0. The molecule has 1 aliphatic heterocycles. The molecule has 0 aromatic heterocycles. The van der Waals surface area contributed by atoms with Crippen molar-refractivity contribution in [1.29, 1.82) is 0 Å². The van der Waals surface area contributed by atoms with Gasteiger partial charge in [0.15, 0.2) is 12.4 Å². The monoisotopic (exact) mass is 781 g/mol. The fourth-order valence-corrected chi connectivity index (χ4v) is 6.49. The van der Waals surface area contributed by atoms with Gasteiger partial charge in [-0.1, -0.05) is 153 Å². The van der Waals surface area contributed by atoms with E-state index in [1.54, 1.807) is 0 Å². The topological polar surface area (TPSA) is 152 Å². The molecule has 1 saturated heterocycles. The van der Waals surface area contributed by atoms with Gasteiger partial charge in [0.1, 0.15) is 31.0 Å². The third-order valence-corrected chi connectivity index (χ3v) is 10.0. The molecule has 2 unspecified atom stereocenters. The van der Waals surface area contributed by atoms with E-state index in [9.17, 15) is 30.0 Å². The third-order valence-electron chi connectivity index (χ3n) is 10.0. The van der Waals surface area contributed by atoms with Crippen LogP contribution < -0.4 is 0 Å². The number of rotatable bonds is 36. The number of unbranched alkanes of at least 4 members (excludes halogenated alkanes) is 20. The van der Waals surface area contributed by atoms with Crippen LogP contribution in [0.2, 0.25) is 0 Å². The second-order valence-electron chi connectivity index (χ2n) is 15.2. The summed E-state index contributed by atoms with van der Waals surface area (Å²) in [6, 6.07) is 0. The molecule has 10 heteroatoms. The SMILES string of the molecule is CCCCCC/C=C/C=C/CCCCCCCC(=O)O[C@@H](COC(=O)CC/C=C/CCCCCCCCCCCCC)CO[C@H]1O[C@@H](CO)[C@@H](O)C(O)C1O. The molecule has 4 N–H and O–H groups in total. The number of allylic oxidation sites excluding steroid dienone is 6. The molecule has 10 nitrogen and oxygen atoms in total. The fourth-order valence-electron chi connectivity index (χ4n) is 6.49. The fraction of sp³-hybridized carbons (Fsp3) is 0.822. The zero-order chi connectivity index (χ0) is 40.2. The zero-order valence-corrected chi connectivity index (χ0v) is 34.7. The van der Waals surface area contributed by atoms with Crippen LogP contribution in [-0.2, 0) is 28.5 Å². The Balaban J connectivity index is 2.38. The second kappa shape index (κ2) is 36.3. The van der Waals surface area contributed by atoms with Crippen LogP contribution in [-0.4, -0.2) is 89.0 Å². The summed E-state index contributed by atoms with van der Waals surface area (Å²) in [5.41, 5.74) is 0. The lowest BCUT2D eigenvalue weighted by atomic mass is 9.99. The number of carbonyl (C=O) groups excluding carboxylic acids is 2. The van der Waals surface area contributed by atoms with Crippen molar-refractivity contribution in [3.05, 3.63) is 36.5 Å². The number of aliphatic hydroxyl groups excluding tert-OH is 4. The maximum absolute atomic E-state index is 12.7. The highest BCUT2D eigenvalue weighted by Crippen LogP contribution is 2.22. The van der Waals surface area contributed by atoms with Crippen molar-refractivity contribution in [1.82, 2.24) is 0 Å². The van der Waals surface area contributed by atoms with Gasteiger partial charge in [-0.15, -0.1) is 0 Å². The molecule has 0 aliphatic carbocycles. The molecule has 0 saturated carbocycles. The van der Waals surface area contributed by atoms with Crippen molar-refractivity contribution < 1.29 is 49.0 Å². The second-order valence-corrected chi connectivity index (χ2v) is 15.2. The molecule has 0 radical (unpaired) electrons. The zero-order valence-electron chi connectivity index (χ0n) is 34.7. The highest BCUT2D eigenvalue weighted by Gasteiger charge is 2.44. The molecule has 1 fully saturated rings. The van der Waals surface area contributed by atoms with E-state index >= 15 is 0 Å². The number of ether oxygens (including phenoxy) is 4. The molecule has 0 aromatic carbocycles. The van der Waals surface area contributed by atoms with Crippen LogP contribution in [0.1, 0.15) is 181 Å². The van der Waals surface area contributed by atoms with Gasteiger partial charge in [-0.25, -0.2) is 0 Å². The molecule has 0 aromatic rings. The maximum atomic E-state index is 12.7. The average Bonchev–Trinajstić information content (AvgIpc) is 3.18. The molecule has 1 rings (SSSR count). The lowest BCUT2D eigenvalue weighted by Gasteiger charge is -2.39. The molecular formula is C45H80O10. The normalized spacial score (nSPS) is 20.9. The van der Waals surface area contributed by atoms with Crippen LogP contribution in [0.15, 0.2) is 36.5 Å². The number of hydrogen-bond acceptors (Lipinski definition) is 10. The van der Waals surface area contributed by atoms with E-state index in [-0.39, 0.29) is 26.1 Å². The predicted molar refractivity (Wildman–Crippen MR) is 219 cm³/mol. The van der Waals surface area contributed by atoms with Gasteiger partial charge < -0.3 is 39.4 Å². The molecule has 320 valence electrons. The van der Waals surface area contributed by atoms with Gasteiger partial charge >= 0.3 is 11.9 Å². The van der Waals surface area contributed by atoms with Gasteiger partial charge in [0.2, 0.25) is 0 Å². The number of carbonyl (C=O) groups is 2. The minimum Gasteiger partial charge on any atom is -0.462 e. The van der Waals surface area contributed by atoms with E-state index in [0.29, 0.717) is 12.8 Å². The first kappa shape index (κ1) is 50.9. The van der Waals surface area contributed by atoms with Gasteiger partial charge in [0, 0.05) is 12.8 Å². The summed E-state index contributed by atoms with van der Waals surface area (Å²) < 4.78 is 22.1. The van der Waals surface area contributed by atoms with Gasteiger partial charge in [-0.2, -0.15) is 0 Å². The third kappa shape index (κ3) is 28.0. The highest BCUT2D eigenvalue weighted by molar-refractivity contribution is 5.70. The van der Waals surface area contributed by atoms with Gasteiger partial charge in [0.25, 0.3) is 0 Å². The summed E-state index contributed by atoms with van der Waals surface area (Å²) in [4.78, 5) is 25.3. The van der Waals surface area contributed by atoms with Crippen molar-refractivity contribution >= 4 is 11.9 Å². The Kier molecular flexibility index (Phi) is 33.6. The number of esters is 2. The van der Waals surface area contributed by atoms with Crippen LogP contribution >= 0.6 is 0 Å². The standard InChI is InChI=1S/C45H80O10/c1-3-5-7-9-11-13-15-17-19-21-23-25-27-29-31-33-40(47)52-36-38(37-53-45-44(51)43(50)42(49)39(35-46)55-45)54-41(48)34-32-30-28-26-24-22-20-18-16-14-12-10-8-6-4-2/h14,16,18,20,27,29,38-39,42-46,49-51H,3-13,15,17,19,21-26,28,30-37H2,1-2H3/b16-14+,20-18+,29-27+/t38-,39-,42+,43?,44?,45-/m0/s1. The number of aliphatic hydroxyl groups is 4. The van der Waals surface area contributed by atoms with Crippen LogP contribution in [0.5, 0.6) is 0 Å². The molecule has 1 aliphatic rings. The number of hydrogen-bond donors (Lipinski definition) is 4. The molecule has 6 atom stereocenters. The van der Waals surface area contributed by atoms with E-state index in [2.05, 4.69) is 44.2 Å². The van der Waals surface area contributed by atoms with Gasteiger partial charge in [0.05, 0.1) is 13.2 Å². The maximum Gasteiger partial charge on any atom is 0.306 e. The predicted octanol–water partition coefficient (Wildman–Crippen LogP) is 9.11. The smallest absolute Gasteiger partial charge is 0.306 e. The van der Waals surface area contributed by atoms with Crippen LogP contribution in [0.3, 0.4) is 0 Å². The van der Waals surface area contributed by atoms with Crippen molar-refractivity contribution in [3.63, 3.8) is 0 Å². The molecule has 0 amide bonds. The Bertz CT molecular complexity index is 996. The highest BCUT2D eigenvalue weighted by atomic mass is 16.7. The first-order valence-electron chi connectivity index (χ1n) is 22.1.